The van der Waals surface area contributed by atoms with Crippen LogP contribution < -0.4 is 11.1 Å². The van der Waals surface area contributed by atoms with E-state index < -0.39 is 0 Å². The van der Waals surface area contributed by atoms with Gasteiger partial charge in [0.25, 0.3) is 0 Å². The van der Waals surface area contributed by atoms with Crippen molar-refractivity contribution in [1.29, 1.82) is 0 Å². The lowest BCUT2D eigenvalue weighted by Crippen LogP contribution is -2.48. The molecule has 1 amide bonds. The van der Waals surface area contributed by atoms with Crippen molar-refractivity contribution in [3.8, 4) is 0 Å². The molecule has 15 heavy (non-hydrogen) atoms. The molecule has 1 aliphatic heterocycles. The minimum Gasteiger partial charge on any atom is -0.381 e. The van der Waals surface area contributed by atoms with Gasteiger partial charge in [0.2, 0.25) is 5.91 Å². The van der Waals surface area contributed by atoms with Crippen LogP contribution in [0.3, 0.4) is 0 Å². The number of rotatable bonds is 5. The molecule has 0 aromatic heterocycles. The molecule has 0 aromatic rings. The summed E-state index contributed by atoms with van der Waals surface area (Å²) in [6.45, 7) is 7.19. The first-order valence-electron chi connectivity index (χ1n) is 5.65. The number of carbonyl (C=O) groups excluding carboxylic acids is 1. The maximum atomic E-state index is 11.5. The van der Waals surface area contributed by atoms with Crippen LogP contribution in [0.2, 0.25) is 0 Å². The molecule has 1 rings (SSSR count). The highest BCUT2D eigenvalue weighted by atomic mass is 16.5. The third kappa shape index (κ3) is 3.47. The van der Waals surface area contributed by atoms with Gasteiger partial charge in [-0.05, 0) is 25.3 Å². The molecular formula is C11H22N2O2. The minimum absolute atomic E-state index is 0.193. The van der Waals surface area contributed by atoms with Gasteiger partial charge in [-0.1, -0.05) is 13.8 Å². The van der Waals surface area contributed by atoms with E-state index in [1.54, 1.807) is 0 Å². The third-order valence-corrected chi connectivity index (χ3v) is 2.99. The van der Waals surface area contributed by atoms with Crippen molar-refractivity contribution < 1.29 is 9.53 Å². The molecule has 0 unspecified atom stereocenters. The smallest absolute Gasteiger partial charge is 0.225 e. The van der Waals surface area contributed by atoms with Gasteiger partial charge in [-0.2, -0.15) is 0 Å². The topological polar surface area (TPSA) is 64.3 Å². The molecule has 0 saturated carbocycles. The van der Waals surface area contributed by atoms with E-state index in [0.29, 0.717) is 25.7 Å². The normalized spacial score (nSPS) is 20.5. The van der Waals surface area contributed by atoms with Crippen LogP contribution in [0.1, 0.15) is 26.7 Å². The van der Waals surface area contributed by atoms with Gasteiger partial charge in [0.05, 0.1) is 5.41 Å². The zero-order valence-electron chi connectivity index (χ0n) is 9.71. The van der Waals surface area contributed by atoms with E-state index in [0.717, 1.165) is 19.4 Å². The monoisotopic (exact) mass is 214 g/mol. The Morgan fingerprint density at radius 1 is 1.47 bits per heavy atom. The molecule has 1 heterocycles. The maximum Gasteiger partial charge on any atom is 0.225 e. The molecule has 1 saturated heterocycles. The quantitative estimate of drug-likeness (QED) is 0.701. The maximum absolute atomic E-state index is 11.5. The fourth-order valence-corrected chi connectivity index (χ4v) is 1.87. The summed E-state index contributed by atoms with van der Waals surface area (Å²) in [4.78, 5) is 11.5. The molecule has 1 fully saturated rings. The van der Waals surface area contributed by atoms with E-state index in [-0.39, 0.29) is 11.3 Å². The number of hydrogen-bond acceptors (Lipinski definition) is 3. The van der Waals surface area contributed by atoms with Gasteiger partial charge in [-0.3, -0.25) is 4.79 Å². The number of hydrogen-bond donors (Lipinski definition) is 2. The lowest BCUT2D eigenvalue weighted by Gasteiger charge is -2.34. The van der Waals surface area contributed by atoms with Crippen molar-refractivity contribution in [3.05, 3.63) is 0 Å². The van der Waals surface area contributed by atoms with Crippen LogP contribution in [-0.2, 0) is 9.53 Å². The molecule has 0 bridgehead atoms. The predicted molar refractivity (Wildman–Crippen MR) is 59.4 cm³/mol. The average Bonchev–Trinajstić information content (AvgIpc) is 2.18. The van der Waals surface area contributed by atoms with Gasteiger partial charge in [-0.25, -0.2) is 0 Å². The molecular weight excluding hydrogens is 192 g/mol. The second-order valence-electron chi connectivity index (χ2n) is 4.78. The van der Waals surface area contributed by atoms with Gasteiger partial charge < -0.3 is 15.8 Å². The molecule has 1 aliphatic rings. The molecule has 3 N–H and O–H groups in total. The van der Waals surface area contributed by atoms with E-state index in [1.807, 2.05) is 0 Å². The van der Waals surface area contributed by atoms with Crippen LogP contribution in [0.25, 0.3) is 0 Å². The molecule has 4 nitrogen and oxygen atoms in total. The second kappa shape index (κ2) is 5.47. The van der Waals surface area contributed by atoms with Crippen LogP contribution in [0.4, 0.5) is 0 Å². The molecule has 88 valence electrons. The Hall–Kier alpha value is -0.610. The molecule has 0 radical (unpaired) electrons. The van der Waals surface area contributed by atoms with Crippen molar-refractivity contribution in [3.63, 3.8) is 0 Å². The predicted octanol–water partition coefficient (Wildman–Crippen LogP) is 0.514. The molecule has 0 aromatic carbocycles. The number of ether oxygens (including phenoxy) is 1. The van der Waals surface area contributed by atoms with Gasteiger partial charge in [0.15, 0.2) is 0 Å². The largest absolute Gasteiger partial charge is 0.381 e. The van der Waals surface area contributed by atoms with Crippen molar-refractivity contribution in [2.75, 3.05) is 26.3 Å². The summed E-state index contributed by atoms with van der Waals surface area (Å²) in [5, 5.41) is 3.32. The average molecular weight is 214 g/mol. The Balaban J connectivity index is 2.46. The Morgan fingerprint density at radius 3 is 2.53 bits per heavy atom. The highest BCUT2D eigenvalue weighted by Gasteiger charge is 2.37. The third-order valence-electron chi connectivity index (χ3n) is 2.99. The first-order chi connectivity index (χ1) is 7.07. The second-order valence-corrected chi connectivity index (χ2v) is 4.78. The fourth-order valence-electron chi connectivity index (χ4n) is 1.87. The van der Waals surface area contributed by atoms with E-state index in [2.05, 4.69) is 19.2 Å². The SMILES string of the molecule is CC(C)CNCC1(C(N)=O)CCOCC1. The van der Waals surface area contributed by atoms with Crippen LogP contribution >= 0.6 is 0 Å². The number of carbonyl (C=O) groups is 1. The Labute approximate surface area is 91.5 Å². The van der Waals surface area contributed by atoms with Crippen molar-refractivity contribution in [2.24, 2.45) is 17.1 Å². The van der Waals surface area contributed by atoms with Gasteiger partial charge in [0, 0.05) is 19.8 Å². The Bertz CT molecular complexity index is 211. The minimum atomic E-state index is -0.382. The summed E-state index contributed by atoms with van der Waals surface area (Å²) < 4.78 is 5.27. The van der Waals surface area contributed by atoms with Crippen LogP contribution in [-0.4, -0.2) is 32.2 Å². The summed E-state index contributed by atoms with van der Waals surface area (Å²) in [7, 11) is 0. The van der Waals surface area contributed by atoms with Gasteiger partial charge in [-0.15, -0.1) is 0 Å². The zero-order chi connectivity index (χ0) is 11.3. The number of nitrogens with one attached hydrogen (secondary N) is 1. The summed E-state index contributed by atoms with van der Waals surface area (Å²) in [6, 6.07) is 0. The molecule has 0 atom stereocenters. The van der Waals surface area contributed by atoms with E-state index >= 15 is 0 Å². The lowest BCUT2D eigenvalue weighted by molar-refractivity contribution is -0.132. The molecule has 4 heteroatoms. The number of amides is 1. The highest BCUT2D eigenvalue weighted by Crippen LogP contribution is 2.29. The van der Waals surface area contributed by atoms with Crippen LogP contribution in [0, 0.1) is 11.3 Å². The Morgan fingerprint density at radius 2 is 2.07 bits per heavy atom. The molecule has 0 spiro atoms. The summed E-state index contributed by atoms with van der Waals surface area (Å²) >= 11 is 0. The summed E-state index contributed by atoms with van der Waals surface area (Å²) in [5.74, 6) is 0.400. The number of nitrogens with two attached hydrogens (primary N) is 1. The van der Waals surface area contributed by atoms with E-state index in [1.165, 1.54) is 0 Å². The van der Waals surface area contributed by atoms with E-state index in [4.69, 9.17) is 10.5 Å². The first kappa shape index (κ1) is 12.5. The fraction of sp³-hybridized carbons (Fsp3) is 0.909. The summed E-state index contributed by atoms with van der Waals surface area (Å²) in [5.41, 5.74) is 5.10. The lowest BCUT2D eigenvalue weighted by atomic mass is 9.79. The van der Waals surface area contributed by atoms with Crippen molar-refractivity contribution in [2.45, 2.75) is 26.7 Å². The first-order valence-corrected chi connectivity index (χ1v) is 5.65. The number of primary amides is 1. The zero-order valence-corrected chi connectivity index (χ0v) is 9.71. The highest BCUT2D eigenvalue weighted by molar-refractivity contribution is 5.81. The summed E-state index contributed by atoms with van der Waals surface area (Å²) in [6.07, 6.45) is 1.49. The van der Waals surface area contributed by atoms with Crippen molar-refractivity contribution in [1.82, 2.24) is 5.32 Å². The Kier molecular flexibility index (Phi) is 4.54. The molecule has 0 aliphatic carbocycles. The van der Waals surface area contributed by atoms with E-state index in [9.17, 15) is 4.79 Å². The van der Waals surface area contributed by atoms with Crippen LogP contribution in [0.5, 0.6) is 0 Å². The van der Waals surface area contributed by atoms with Crippen molar-refractivity contribution >= 4 is 5.91 Å². The van der Waals surface area contributed by atoms with Crippen LogP contribution in [0.15, 0.2) is 0 Å². The van der Waals surface area contributed by atoms with Gasteiger partial charge in [0.1, 0.15) is 0 Å². The standard InChI is InChI=1S/C11H22N2O2/c1-9(2)7-13-8-11(10(12)14)3-5-15-6-4-11/h9,13H,3-8H2,1-2H3,(H2,12,14). The van der Waals surface area contributed by atoms with Gasteiger partial charge >= 0.3 is 0 Å².